The van der Waals surface area contributed by atoms with Crippen LogP contribution in [0.4, 0.5) is 11.4 Å². The summed E-state index contributed by atoms with van der Waals surface area (Å²) < 4.78 is 0. The van der Waals surface area contributed by atoms with Crippen LogP contribution in [-0.4, -0.2) is 21.7 Å². The van der Waals surface area contributed by atoms with E-state index in [4.69, 9.17) is 11.1 Å². The van der Waals surface area contributed by atoms with Crippen molar-refractivity contribution in [2.75, 3.05) is 0 Å². The fourth-order valence-electron chi connectivity index (χ4n) is 2.06. The van der Waals surface area contributed by atoms with Crippen molar-refractivity contribution in [2.24, 2.45) is 0 Å². The summed E-state index contributed by atoms with van der Waals surface area (Å²) in [6, 6.07) is 8.75. The molecule has 2 aromatic carbocycles. The van der Waals surface area contributed by atoms with Gasteiger partial charge in [0.05, 0.1) is 23.1 Å². The van der Waals surface area contributed by atoms with Crippen LogP contribution in [0.1, 0.15) is 20.7 Å². The summed E-state index contributed by atoms with van der Waals surface area (Å²) in [6.45, 7) is 0. The number of hydrogen-bond acceptors (Lipinski definition) is 6. The molecular formula is C14H6N4Na2O6. The molecule has 0 unspecified atom stereocenters. The van der Waals surface area contributed by atoms with Crippen molar-refractivity contribution in [2.45, 2.75) is 0 Å². The van der Waals surface area contributed by atoms with Crippen molar-refractivity contribution in [3.8, 4) is 11.5 Å². The van der Waals surface area contributed by atoms with Gasteiger partial charge in [0, 0.05) is 12.1 Å². The minimum absolute atomic E-state index is 0. The Morgan fingerprint density at radius 2 is 1.12 bits per heavy atom. The molecule has 2 aliphatic heterocycles. The van der Waals surface area contributed by atoms with E-state index in [1.54, 1.807) is 0 Å². The smallest absolute Gasteiger partial charge is 0.545 e. The summed E-state index contributed by atoms with van der Waals surface area (Å²) >= 11 is 0. The van der Waals surface area contributed by atoms with E-state index in [1.165, 1.54) is 36.4 Å². The molecule has 0 bridgehead atoms. The molecule has 0 fully saturated rings. The van der Waals surface area contributed by atoms with Crippen molar-refractivity contribution in [1.82, 2.24) is 0 Å². The molecule has 120 valence electrons. The summed E-state index contributed by atoms with van der Waals surface area (Å²) in [6.07, 6.45) is 0. The van der Waals surface area contributed by atoms with Crippen LogP contribution in [0, 0.1) is 0 Å². The minimum atomic E-state index is -1.32. The number of carboxylic acids is 2. The van der Waals surface area contributed by atoms with Gasteiger partial charge in [-0.3, -0.25) is 0 Å². The van der Waals surface area contributed by atoms with Crippen LogP contribution in [0.2, 0.25) is 0 Å². The predicted molar refractivity (Wildman–Crippen MR) is 69.4 cm³/mol. The number of nitrogens with zero attached hydrogens (tertiary/aromatic N) is 4. The van der Waals surface area contributed by atoms with E-state index in [0.29, 0.717) is 21.1 Å². The molecule has 0 saturated carbocycles. The van der Waals surface area contributed by atoms with E-state index >= 15 is 0 Å². The molecule has 0 atom stereocenters. The third-order valence-corrected chi connectivity index (χ3v) is 3.20. The number of hydrogen-bond donors (Lipinski definition) is 0. The average Bonchev–Trinajstić information content (AvgIpc) is 2.53. The SMILES string of the molecule is [N-]=[N+]1Oc2c(C(=O)[O-])cccc21.[N-]=[N+]1Oc2c(C(=O)[O-])cccc21.[Na+].[Na+]. The Kier molecular flexibility index (Phi) is 7.45. The Hall–Kier alpha value is -1.82. The van der Waals surface area contributed by atoms with E-state index in [2.05, 4.69) is 9.68 Å². The minimum Gasteiger partial charge on any atom is -0.545 e. The van der Waals surface area contributed by atoms with Gasteiger partial charge >= 0.3 is 59.1 Å². The first-order valence-corrected chi connectivity index (χ1v) is 6.43. The van der Waals surface area contributed by atoms with Gasteiger partial charge in [0.1, 0.15) is 0 Å². The van der Waals surface area contributed by atoms with Crippen LogP contribution in [-0.2, 0) is 0 Å². The molecule has 26 heavy (non-hydrogen) atoms. The van der Waals surface area contributed by atoms with Crippen molar-refractivity contribution < 1.29 is 98.3 Å². The maximum atomic E-state index is 10.4. The van der Waals surface area contributed by atoms with Crippen LogP contribution in [0.5, 0.6) is 11.5 Å². The van der Waals surface area contributed by atoms with Gasteiger partial charge in [-0.05, 0) is 12.1 Å². The van der Waals surface area contributed by atoms with Crippen molar-refractivity contribution >= 4 is 23.3 Å². The first-order chi connectivity index (χ1) is 11.4. The molecule has 4 rings (SSSR count). The number of para-hydroxylation sites is 2. The van der Waals surface area contributed by atoms with E-state index in [-0.39, 0.29) is 81.7 Å². The van der Waals surface area contributed by atoms with Gasteiger partial charge in [-0.1, -0.05) is 21.9 Å². The van der Waals surface area contributed by atoms with E-state index in [0.717, 1.165) is 0 Å². The van der Waals surface area contributed by atoms with Gasteiger partial charge in [0.2, 0.25) is 0 Å². The molecule has 12 heteroatoms. The Bertz CT molecular complexity index is 858. The van der Waals surface area contributed by atoms with E-state index < -0.39 is 11.9 Å². The number of rotatable bonds is 2. The topological polar surface area (TPSA) is 149 Å². The molecular weight excluding hydrogens is 366 g/mol. The molecule has 0 aromatic heterocycles. The zero-order valence-corrected chi connectivity index (χ0v) is 17.7. The molecule has 0 N–H and O–H groups in total. The first kappa shape index (κ1) is 22.2. The number of carboxylic acid groups (broad SMARTS) is 2. The third-order valence-electron chi connectivity index (χ3n) is 3.20. The monoisotopic (exact) mass is 372 g/mol. The Balaban J connectivity index is 0.000000241. The molecule has 0 radical (unpaired) electrons. The average molecular weight is 372 g/mol. The van der Waals surface area contributed by atoms with Gasteiger partial charge in [0.15, 0.2) is 0 Å². The quantitative estimate of drug-likeness (QED) is 0.378. The molecule has 0 saturated heterocycles. The normalized spacial score (nSPS) is 11.8. The maximum absolute atomic E-state index is 10.4. The second-order valence-corrected chi connectivity index (χ2v) is 4.61. The Morgan fingerprint density at radius 3 is 1.38 bits per heavy atom. The fourth-order valence-corrected chi connectivity index (χ4v) is 2.06. The third kappa shape index (κ3) is 3.95. The summed E-state index contributed by atoms with van der Waals surface area (Å²) in [5.41, 5.74) is 18.2. The zero-order chi connectivity index (χ0) is 17.4. The fraction of sp³-hybridized carbons (Fsp3) is 0. The Morgan fingerprint density at radius 1 is 0.769 bits per heavy atom. The number of carbonyl (C=O) groups excluding carboxylic acids is 2. The van der Waals surface area contributed by atoms with Gasteiger partial charge in [0.25, 0.3) is 22.9 Å². The molecule has 2 aromatic rings. The molecule has 0 amide bonds. The number of aromatic carboxylic acids is 2. The maximum Gasteiger partial charge on any atom is 1.00 e. The summed E-state index contributed by atoms with van der Waals surface area (Å²) in [5, 5.41) is 20.8. The van der Waals surface area contributed by atoms with E-state index in [1.807, 2.05) is 0 Å². The summed E-state index contributed by atoms with van der Waals surface area (Å²) in [7, 11) is 0. The van der Waals surface area contributed by atoms with Crippen LogP contribution < -0.4 is 79.0 Å². The predicted octanol–water partition coefficient (Wildman–Crippen LogP) is -5.95. The first-order valence-electron chi connectivity index (χ1n) is 6.43. The van der Waals surface area contributed by atoms with Crippen LogP contribution in [0.3, 0.4) is 0 Å². The van der Waals surface area contributed by atoms with Gasteiger partial charge in [-0.15, -0.1) is 0 Å². The molecule has 0 spiro atoms. The van der Waals surface area contributed by atoms with Crippen molar-refractivity contribution in [1.29, 1.82) is 0 Å². The molecule has 10 nitrogen and oxygen atoms in total. The molecule has 2 aliphatic rings. The van der Waals surface area contributed by atoms with E-state index in [9.17, 15) is 19.8 Å². The second-order valence-electron chi connectivity index (χ2n) is 4.61. The van der Waals surface area contributed by atoms with Crippen LogP contribution >= 0.6 is 0 Å². The second kappa shape index (κ2) is 8.71. The van der Waals surface area contributed by atoms with Crippen LogP contribution in [0.25, 0.3) is 11.1 Å². The van der Waals surface area contributed by atoms with Crippen LogP contribution in [0.15, 0.2) is 36.4 Å². The standard InChI is InChI=1S/2C7H4N2O3.2Na/c2*8-9-5-3-1-2-4(7(10)11)6(5)12-9;;/h2*1-3H,(H,10,11);;/q;;2*+1/p-2. The van der Waals surface area contributed by atoms with Crippen molar-refractivity contribution in [3.05, 3.63) is 58.6 Å². The number of carbonyl (C=O) groups is 2. The van der Waals surface area contributed by atoms with Gasteiger partial charge in [-0.2, -0.15) is 0 Å². The zero-order valence-electron chi connectivity index (χ0n) is 13.7. The summed E-state index contributed by atoms with van der Waals surface area (Å²) in [4.78, 5) is 30.9. The number of fused-ring (bicyclic) bond motifs is 2. The molecule has 2 heterocycles. The summed E-state index contributed by atoms with van der Waals surface area (Å²) in [5.74, 6) is -2.36. The number of benzene rings is 2. The van der Waals surface area contributed by atoms with Crippen molar-refractivity contribution in [3.63, 3.8) is 0 Å². The Labute approximate surface area is 190 Å². The molecule has 0 aliphatic carbocycles. The largest absolute Gasteiger partial charge is 1.00 e. The van der Waals surface area contributed by atoms with Gasteiger partial charge < -0.3 is 30.9 Å². The van der Waals surface area contributed by atoms with Gasteiger partial charge in [-0.25, -0.2) is 9.68 Å².